The number of nitrogens with zero attached hydrogens (tertiary/aromatic N) is 2. The van der Waals surface area contributed by atoms with Crippen LogP contribution in [0.2, 0.25) is 0 Å². The summed E-state index contributed by atoms with van der Waals surface area (Å²) in [6, 6.07) is 17.7. The molecule has 0 unspecified atom stereocenters. The SMILES string of the molecule is O=c1ccccn1Cc1ccc(CNc2cccc(F)n2)cc1. The highest BCUT2D eigenvalue weighted by atomic mass is 19.1. The number of hydrogen-bond acceptors (Lipinski definition) is 3. The summed E-state index contributed by atoms with van der Waals surface area (Å²) in [5.41, 5.74) is 2.08. The average Bonchev–Trinajstić information content (AvgIpc) is 2.56. The molecule has 116 valence electrons. The van der Waals surface area contributed by atoms with Gasteiger partial charge in [0.05, 0.1) is 6.54 Å². The molecular formula is C18H16FN3O. The van der Waals surface area contributed by atoms with E-state index in [1.54, 1.807) is 35.0 Å². The first-order valence-corrected chi connectivity index (χ1v) is 7.30. The molecule has 0 aliphatic rings. The van der Waals surface area contributed by atoms with Gasteiger partial charge in [-0.25, -0.2) is 4.98 Å². The Balaban J connectivity index is 1.63. The fourth-order valence-electron chi connectivity index (χ4n) is 2.25. The van der Waals surface area contributed by atoms with E-state index < -0.39 is 5.95 Å². The lowest BCUT2D eigenvalue weighted by atomic mass is 10.1. The van der Waals surface area contributed by atoms with E-state index in [4.69, 9.17) is 0 Å². The zero-order chi connectivity index (χ0) is 16.1. The minimum Gasteiger partial charge on any atom is -0.366 e. The van der Waals surface area contributed by atoms with Crippen LogP contribution in [-0.2, 0) is 13.1 Å². The lowest BCUT2D eigenvalue weighted by Gasteiger charge is -2.08. The molecule has 0 saturated carbocycles. The molecule has 0 atom stereocenters. The molecule has 2 aromatic heterocycles. The van der Waals surface area contributed by atoms with Gasteiger partial charge in [-0.1, -0.05) is 36.4 Å². The average molecular weight is 309 g/mol. The van der Waals surface area contributed by atoms with E-state index in [1.165, 1.54) is 6.07 Å². The van der Waals surface area contributed by atoms with Crippen LogP contribution >= 0.6 is 0 Å². The predicted octanol–water partition coefficient (Wildman–Crippen LogP) is 3.04. The Kier molecular flexibility index (Phi) is 4.47. The first kappa shape index (κ1) is 15.0. The molecule has 4 nitrogen and oxygen atoms in total. The standard InChI is InChI=1S/C18H16FN3O/c19-16-4-3-5-17(21-16)20-12-14-7-9-15(10-8-14)13-22-11-2-1-6-18(22)23/h1-11H,12-13H2,(H,20,21). The molecule has 0 aliphatic carbocycles. The molecular weight excluding hydrogens is 293 g/mol. The van der Waals surface area contributed by atoms with Gasteiger partial charge in [-0.15, -0.1) is 0 Å². The van der Waals surface area contributed by atoms with E-state index in [0.29, 0.717) is 18.9 Å². The highest BCUT2D eigenvalue weighted by Gasteiger charge is 2.00. The molecule has 0 aliphatic heterocycles. The number of halogens is 1. The molecule has 0 amide bonds. The van der Waals surface area contributed by atoms with Gasteiger partial charge in [-0.05, 0) is 29.3 Å². The highest BCUT2D eigenvalue weighted by Crippen LogP contribution is 2.09. The lowest BCUT2D eigenvalue weighted by molar-refractivity contribution is 0.585. The summed E-state index contributed by atoms with van der Waals surface area (Å²) in [6.45, 7) is 1.10. The molecule has 5 heteroatoms. The maximum Gasteiger partial charge on any atom is 0.250 e. The number of aromatic nitrogens is 2. The third kappa shape index (κ3) is 4.03. The van der Waals surface area contributed by atoms with Crippen molar-refractivity contribution in [3.8, 4) is 0 Å². The van der Waals surface area contributed by atoms with Gasteiger partial charge in [0.15, 0.2) is 0 Å². The van der Waals surface area contributed by atoms with Crippen molar-refractivity contribution in [2.24, 2.45) is 0 Å². The van der Waals surface area contributed by atoms with Crippen molar-refractivity contribution in [1.29, 1.82) is 0 Å². The minimum absolute atomic E-state index is 0.0181. The quantitative estimate of drug-likeness (QED) is 0.737. The van der Waals surface area contributed by atoms with Crippen molar-refractivity contribution in [3.05, 3.63) is 94.3 Å². The van der Waals surface area contributed by atoms with Crippen molar-refractivity contribution < 1.29 is 4.39 Å². The maximum absolute atomic E-state index is 13.0. The fourth-order valence-corrected chi connectivity index (χ4v) is 2.25. The van der Waals surface area contributed by atoms with Gasteiger partial charge in [-0.3, -0.25) is 4.79 Å². The first-order valence-electron chi connectivity index (χ1n) is 7.30. The topological polar surface area (TPSA) is 46.9 Å². The van der Waals surface area contributed by atoms with Gasteiger partial charge in [0.1, 0.15) is 5.82 Å². The van der Waals surface area contributed by atoms with E-state index in [0.717, 1.165) is 11.1 Å². The van der Waals surface area contributed by atoms with Crippen molar-refractivity contribution in [2.75, 3.05) is 5.32 Å². The Morgan fingerprint density at radius 1 is 0.957 bits per heavy atom. The van der Waals surface area contributed by atoms with Crippen LogP contribution in [0.4, 0.5) is 10.2 Å². The second kappa shape index (κ2) is 6.87. The number of rotatable bonds is 5. The van der Waals surface area contributed by atoms with Crippen LogP contribution in [0.15, 0.2) is 71.7 Å². The fraction of sp³-hybridized carbons (Fsp3) is 0.111. The summed E-state index contributed by atoms with van der Waals surface area (Å²) in [6.07, 6.45) is 1.77. The molecule has 0 spiro atoms. The summed E-state index contributed by atoms with van der Waals surface area (Å²) < 4.78 is 14.7. The van der Waals surface area contributed by atoms with E-state index in [1.807, 2.05) is 30.3 Å². The van der Waals surface area contributed by atoms with Crippen LogP contribution in [-0.4, -0.2) is 9.55 Å². The summed E-state index contributed by atoms with van der Waals surface area (Å²) in [7, 11) is 0. The molecule has 1 N–H and O–H groups in total. The molecule has 1 aromatic carbocycles. The van der Waals surface area contributed by atoms with Crippen LogP contribution in [0.3, 0.4) is 0 Å². The largest absolute Gasteiger partial charge is 0.366 e. The summed E-state index contributed by atoms with van der Waals surface area (Å²) in [4.78, 5) is 15.4. The summed E-state index contributed by atoms with van der Waals surface area (Å²) >= 11 is 0. The second-order valence-electron chi connectivity index (χ2n) is 5.18. The van der Waals surface area contributed by atoms with Crippen LogP contribution in [0, 0.1) is 5.95 Å². The van der Waals surface area contributed by atoms with Crippen LogP contribution in [0.1, 0.15) is 11.1 Å². The van der Waals surface area contributed by atoms with Gasteiger partial charge in [0, 0.05) is 18.8 Å². The third-order valence-corrected chi connectivity index (χ3v) is 3.46. The molecule has 0 radical (unpaired) electrons. The Morgan fingerprint density at radius 2 is 1.74 bits per heavy atom. The Bertz CT molecular complexity index is 843. The van der Waals surface area contributed by atoms with Crippen molar-refractivity contribution >= 4 is 5.82 Å². The normalized spacial score (nSPS) is 10.5. The smallest absolute Gasteiger partial charge is 0.250 e. The van der Waals surface area contributed by atoms with Gasteiger partial charge in [0.25, 0.3) is 5.56 Å². The van der Waals surface area contributed by atoms with Crippen molar-refractivity contribution in [1.82, 2.24) is 9.55 Å². The molecule has 23 heavy (non-hydrogen) atoms. The highest BCUT2D eigenvalue weighted by molar-refractivity contribution is 5.35. The number of pyridine rings is 2. The molecule has 3 aromatic rings. The summed E-state index contributed by atoms with van der Waals surface area (Å²) in [5, 5.41) is 3.07. The van der Waals surface area contributed by atoms with Gasteiger partial charge in [-0.2, -0.15) is 4.39 Å². The maximum atomic E-state index is 13.0. The Hall–Kier alpha value is -2.95. The molecule has 3 rings (SSSR count). The van der Waals surface area contributed by atoms with E-state index in [2.05, 4.69) is 10.3 Å². The van der Waals surface area contributed by atoms with Gasteiger partial charge >= 0.3 is 0 Å². The van der Waals surface area contributed by atoms with Crippen LogP contribution < -0.4 is 10.9 Å². The lowest BCUT2D eigenvalue weighted by Crippen LogP contribution is -2.18. The Morgan fingerprint density at radius 3 is 2.48 bits per heavy atom. The number of benzene rings is 1. The molecule has 0 bridgehead atoms. The molecule has 2 heterocycles. The predicted molar refractivity (Wildman–Crippen MR) is 87.8 cm³/mol. The number of hydrogen-bond donors (Lipinski definition) is 1. The van der Waals surface area contributed by atoms with Crippen molar-refractivity contribution in [2.45, 2.75) is 13.1 Å². The van der Waals surface area contributed by atoms with Gasteiger partial charge < -0.3 is 9.88 Å². The third-order valence-electron chi connectivity index (χ3n) is 3.46. The molecule has 0 saturated heterocycles. The zero-order valence-electron chi connectivity index (χ0n) is 12.4. The van der Waals surface area contributed by atoms with E-state index >= 15 is 0 Å². The zero-order valence-corrected chi connectivity index (χ0v) is 12.4. The Labute approximate surface area is 133 Å². The monoisotopic (exact) mass is 309 g/mol. The first-order chi connectivity index (χ1) is 11.2. The summed E-state index contributed by atoms with van der Waals surface area (Å²) in [5.74, 6) is 0.00330. The van der Waals surface area contributed by atoms with Crippen LogP contribution in [0.25, 0.3) is 0 Å². The molecule has 0 fully saturated rings. The van der Waals surface area contributed by atoms with E-state index in [-0.39, 0.29) is 5.56 Å². The van der Waals surface area contributed by atoms with E-state index in [9.17, 15) is 9.18 Å². The van der Waals surface area contributed by atoms with Crippen LogP contribution in [0.5, 0.6) is 0 Å². The number of anilines is 1. The van der Waals surface area contributed by atoms with Gasteiger partial charge in [0.2, 0.25) is 5.95 Å². The number of nitrogens with one attached hydrogen (secondary N) is 1. The second-order valence-corrected chi connectivity index (χ2v) is 5.18. The minimum atomic E-state index is -0.501. The van der Waals surface area contributed by atoms with Crippen molar-refractivity contribution in [3.63, 3.8) is 0 Å².